The van der Waals surface area contributed by atoms with Gasteiger partial charge < -0.3 is 21.1 Å². The molecular weight excluding hydrogens is 220 g/mol. The Labute approximate surface area is 102 Å². The Morgan fingerprint density at radius 2 is 2.29 bits per heavy atom. The number of ether oxygens (including phenoxy) is 1. The lowest BCUT2D eigenvalue weighted by molar-refractivity contribution is -0.119. The van der Waals surface area contributed by atoms with Crippen LogP contribution in [0.25, 0.3) is 0 Å². The summed E-state index contributed by atoms with van der Waals surface area (Å²) < 4.78 is 5.15. The lowest BCUT2D eigenvalue weighted by atomic mass is 10.4. The Kier molecular flexibility index (Phi) is 9.67. The number of terminal acetylenes is 1. The molecule has 0 aliphatic carbocycles. The minimum absolute atomic E-state index is 0.0219. The molecule has 0 bridgehead atoms. The van der Waals surface area contributed by atoms with E-state index in [1.54, 1.807) is 0 Å². The molecule has 0 saturated carbocycles. The smallest absolute Gasteiger partial charge is 0.242 e. The topological polar surface area (TPSA) is 88.7 Å². The fourth-order valence-corrected chi connectivity index (χ4v) is 0.953. The summed E-state index contributed by atoms with van der Waals surface area (Å²) >= 11 is 0. The van der Waals surface area contributed by atoms with E-state index in [1.165, 1.54) is 0 Å². The van der Waals surface area contributed by atoms with Crippen molar-refractivity contribution < 1.29 is 9.53 Å². The second-order valence-corrected chi connectivity index (χ2v) is 3.16. The van der Waals surface area contributed by atoms with Gasteiger partial charge in [0, 0.05) is 19.8 Å². The molecule has 0 saturated heterocycles. The highest BCUT2D eigenvalue weighted by Gasteiger charge is 1.98. The minimum atomic E-state index is -0.248. The molecule has 0 fully saturated rings. The van der Waals surface area contributed by atoms with Crippen molar-refractivity contribution in [2.45, 2.75) is 13.3 Å². The first-order valence-electron chi connectivity index (χ1n) is 5.52. The van der Waals surface area contributed by atoms with Crippen molar-refractivity contribution in [3.63, 3.8) is 0 Å². The standard InChI is InChI=1S/C11H20N4O2/c1-3-6-13-10(16)9-15-11(12)14-7-5-8-17-4-2/h1H,4-9H2,2H3,(H,13,16)(H3,12,14,15). The molecule has 0 rings (SSSR count). The van der Waals surface area contributed by atoms with Crippen molar-refractivity contribution in [1.29, 1.82) is 0 Å². The highest BCUT2D eigenvalue weighted by atomic mass is 16.5. The molecule has 17 heavy (non-hydrogen) atoms. The van der Waals surface area contributed by atoms with Crippen molar-refractivity contribution in [2.24, 2.45) is 10.7 Å². The largest absolute Gasteiger partial charge is 0.382 e. The number of hydrogen-bond donors (Lipinski definition) is 3. The van der Waals surface area contributed by atoms with Crippen LogP contribution in [0.1, 0.15) is 13.3 Å². The first-order chi connectivity index (χ1) is 8.20. The molecule has 0 heterocycles. The summed E-state index contributed by atoms with van der Waals surface area (Å²) in [6, 6.07) is 0. The van der Waals surface area contributed by atoms with Gasteiger partial charge in [-0.2, -0.15) is 0 Å². The second kappa shape index (κ2) is 10.8. The van der Waals surface area contributed by atoms with Crippen LogP contribution in [-0.2, 0) is 9.53 Å². The third kappa shape index (κ3) is 10.5. The Balaban J connectivity index is 3.57. The van der Waals surface area contributed by atoms with Crippen molar-refractivity contribution in [3.8, 4) is 12.3 Å². The molecule has 6 heteroatoms. The minimum Gasteiger partial charge on any atom is -0.382 e. The lowest BCUT2D eigenvalue weighted by Crippen LogP contribution is -2.34. The fourth-order valence-electron chi connectivity index (χ4n) is 0.953. The molecule has 1 amide bonds. The third-order valence-corrected chi connectivity index (χ3v) is 1.76. The number of nitrogens with two attached hydrogens (primary N) is 1. The van der Waals surface area contributed by atoms with E-state index < -0.39 is 0 Å². The molecule has 0 aromatic heterocycles. The first-order valence-corrected chi connectivity index (χ1v) is 5.52. The summed E-state index contributed by atoms with van der Waals surface area (Å²) in [5.41, 5.74) is 5.54. The molecule has 96 valence electrons. The highest BCUT2D eigenvalue weighted by molar-refractivity contribution is 5.83. The van der Waals surface area contributed by atoms with Crippen LogP contribution in [0.15, 0.2) is 4.99 Å². The molecule has 0 atom stereocenters. The van der Waals surface area contributed by atoms with Gasteiger partial charge in [-0.05, 0) is 13.3 Å². The normalized spacial score (nSPS) is 10.7. The van der Waals surface area contributed by atoms with Gasteiger partial charge in [-0.1, -0.05) is 5.92 Å². The molecule has 0 aromatic rings. The van der Waals surface area contributed by atoms with Crippen LogP contribution in [0.4, 0.5) is 0 Å². The van der Waals surface area contributed by atoms with Gasteiger partial charge >= 0.3 is 0 Å². The third-order valence-electron chi connectivity index (χ3n) is 1.76. The molecule has 0 unspecified atom stereocenters. The maximum Gasteiger partial charge on any atom is 0.242 e. The first kappa shape index (κ1) is 15.3. The van der Waals surface area contributed by atoms with Crippen molar-refractivity contribution >= 4 is 11.9 Å². The Morgan fingerprint density at radius 1 is 1.53 bits per heavy atom. The maximum atomic E-state index is 11.1. The summed E-state index contributed by atoms with van der Waals surface area (Å²) in [5, 5.41) is 5.37. The van der Waals surface area contributed by atoms with Crippen LogP contribution < -0.4 is 16.4 Å². The predicted molar refractivity (Wildman–Crippen MR) is 67.4 cm³/mol. The average Bonchev–Trinajstić information content (AvgIpc) is 2.33. The van der Waals surface area contributed by atoms with Gasteiger partial charge in [0.05, 0.1) is 6.54 Å². The van der Waals surface area contributed by atoms with E-state index >= 15 is 0 Å². The van der Waals surface area contributed by atoms with Crippen LogP contribution in [-0.4, -0.2) is 44.7 Å². The van der Waals surface area contributed by atoms with Gasteiger partial charge in [0.25, 0.3) is 0 Å². The maximum absolute atomic E-state index is 11.1. The number of nitrogens with one attached hydrogen (secondary N) is 2. The van der Waals surface area contributed by atoms with E-state index in [0.717, 1.165) is 6.42 Å². The number of amides is 1. The molecule has 0 radical (unpaired) electrons. The van der Waals surface area contributed by atoms with Crippen LogP contribution >= 0.6 is 0 Å². The Bertz CT molecular complexity index is 284. The number of rotatable bonds is 8. The van der Waals surface area contributed by atoms with Gasteiger partial charge in [-0.3, -0.25) is 4.79 Å². The monoisotopic (exact) mass is 240 g/mol. The van der Waals surface area contributed by atoms with E-state index in [9.17, 15) is 4.79 Å². The zero-order valence-electron chi connectivity index (χ0n) is 10.2. The Hall–Kier alpha value is -1.74. The lowest BCUT2D eigenvalue weighted by Gasteiger charge is -2.05. The van der Waals surface area contributed by atoms with Crippen LogP contribution in [0.5, 0.6) is 0 Å². The molecule has 6 nitrogen and oxygen atoms in total. The summed E-state index contributed by atoms with van der Waals surface area (Å²) in [4.78, 5) is 15.0. The second-order valence-electron chi connectivity index (χ2n) is 3.16. The molecular formula is C11H20N4O2. The molecule has 0 spiro atoms. The van der Waals surface area contributed by atoms with Gasteiger partial charge in [0.2, 0.25) is 5.91 Å². The van der Waals surface area contributed by atoms with E-state index in [0.29, 0.717) is 19.8 Å². The van der Waals surface area contributed by atoms with Gasteiger partial charge in [-0.25, -0.2) is 4.99 Å². The van der Waals surface area contributed by atoms with E-state index in [2.05, 4.69) is 21.5 Å². The van der Waals surface area contributed by atoms with E-state index in [4.69, 9.17) is 16.9 Å². The Morgan fingerprint density at radius 3 is 2.94 bits per heavy atom. The van der Waals surface area contributed by atoms with Gasteiger partial charge in [-0.15, -0.1) is 6.42 Å². The van der Waals surface area contributed by atoms with Crippen molar-refractivity contribution in [2.75, 3.05) is 32.8 Å². The van der Waals surface area contributed by atoms with Crippen LogP contribution in [0.2, 0.25) is 0 Å². The summed E-state index contributed by atoms with van der Waals surface area (Å²) in [6.45, 7) is 4.18. The number of nitrogens with zero attached hydrogens (tertiary/aromatic N) is 1. The zero-order chi connectivity index (χ0) is 12.9. The van der Waals surface area contributed by atoms with Crippen LogP contribution in [0, 0.1) is 12.3 Å². The SMILES string of the molecule is C#CCNC(=O)CN=C(N)NCCCOCC. The molecule has 0 aromatic carbocycles. The number of guanidine groups is 1. The number of carbonyl (C=O) groups is 1. The zero-order valence-corrected chi connectivity index (χ0v) is 10.2. The van der Waals surface area contributed by atoms with E-state index in [1.807, 2.05) is 6.92 Å². The van der Waals surface area contributed by atoms with Gasteiger partial charge in [0.1, 0.15) is 6.54 Å². The molecule has 0 aliphatic heterocycles. The molecule has 0 aliphatic rings. The van der Waals surface area contributed by atoms with Crippen molar-refractivity contribution in [3.05, 3.63) is 0 Å². The fraction of sp³-hybridized carbons (Fsp3) is 0.636. The quantitative estimate of drug-likeness (QED) is 0.221. The summed E-state index contributed by atoms with van der Waals surface area (Å²) in [6.07, 6.45) is 5.83. The van der Waals surface area contributed by atoms with Crippen LogP contribution in [0.3, 0.4) is 0 Å². The number of aliphatic imine (C=N–C) groups is 1. The predicted octanol–water partition coefficient (Wildman–Crippen LogP) is -0.933. The highest BCUT2D eigenvalue weighted by Crippen LogP contribution is 1.80. The number of hydrogen-bond acceptors (Lipinski definition) is 3. The summed E-state index contributed by atoms with van der Waals surface area (Å²) in [5.74, 6) is 2.30. The van der Waals surface area contributed by atoms with E-state index in [-0.39, 0.29) is 25.0 Å². The average molecular weight is 240 g/mol. The van der Waals surface area contributed by atoms with Gasteiger partial charge in [0.15, 0.2) is 5.96 Å². The number of carbonyl (C=O) groups excluding carboxylic acids is 1. The molecule has 4 N–H and O–H groups in total. The van der Waals surface area contributed by atoms with Crippen molar-refractivity contribution in [1.82, 2.24) is 10.6 Å². The summed E-state index contributed by atoms with van der Waals surface area (Å²) in [7, 11) is 0.